The molecular formula is C57H42N2. The van der Waals surface area contributed by atoms with Gasteiger partial charge in [-0.25, -0.2) is 0 Å². The fraction of sp³-hybridized carbons (Fsp3) is 0.0526. The van der Waals surface area contributed by atoms with Gasteiger partial charge in [0.05, 0.1) is 16.7 Å². The van der Waals surface area contributed by atoms with Gasteiger partial charge in [0.15, 0.2) is 0 Å². The summed E-state index contributed by atoms with van der Waals surface area (Å²) in [6.07, 6.45) is 0. The molecule has 0 spiro atoms. The molecule has 280 valence electrons. The van der Waals surface area contributed by atoms with E-state index in [1.54, 1.807) is 0 Å². The van der Waals surface area contributed by atoms with Crippen LogP contribution in [0.2, 0.25) is 0 Å². The number of hydrogen-bond donors (Lipinski definition) is 0. The van der Waals surface area contributed by atoms with E-state index in [1.807, 2.05) is 0 Å². The first kappa shape index (κ1) is 34.8. The highest BCUT2D eigenvalue weighted by Gasteiger charge is 2.35. The van der Waals surface area contributed by atoms with E-state index >= 15 is 0 Å². The molecule has 0 N–H and O–H groups in total. The van der Waals surface area contributed by atoms with Crippen LogP contribution in [0.25, 0.3) is 72.0 Å². The first-order valence-electron chi connectivity index (χ1n) is 20.5. The van der Waals surface area contributed by atoms with Gasteiger partial charge in [-0.1, -0.05) is 166 Å². The van der Waals surface area contributed by atoms with Gasteiger partial charge in [0.2, 0.25) is 0 Å². The maximum absolute atomic E-state index is 2.43. The van der Waals surface area contributed by atoms with Crippen molar-refractivity contribution >= 4 is 38.9 Å². The first-order valence-corrected chi connectivity index (χ1v) is 20.5. The fourth-order valence-corrected chi connectivity index (χ4v) is 9.46. The minimum Gasteiger partial charge on any atom is -0.310 e. The van der Waals surface area contributed by atoms with Crippen LogP contribution in [0.5, 0.6) is 0 Å². The van der Waals surface area contributed by atoms with E-state index in [4.69, 9.17) is 0 Å². The van der Waals surface area contributed by atoms with Crippen molar-refractivity contribution in [3.8, 4) is 50.2 Å². The smallest absolute Gasteiger partial charge is 0.0541 e. The molecule has 0 amide bonds. The van der Waals surface area contributed by atoms with Crippen LogP contribution in [0.15, 0.2) is 218 Å². The molecule has 1 heterocycles. The third-order valence-electron chi connectivity index (χ3n) is 12.4. The maximum atomic E-state index is 2.43. The van der Waals surface area contributed by atoms with Gasteiger partial charge >= 0.3 is 0 Å². The highest BCUT2D eigenvalue weighted by molar-refractivity contribution is 6.10. The summed E-state index contributed by atoms with van der Waals surface area (Å²) in [5.41, 5.74) is 19.5. The van der Waals surface area contributed by atoms with E-state index in [9.17, 15) is 0 Å². The second kappa shape index (κ2) is 13.9. The van der Waals surface area contributed by atoms with Crippen LogP contribution in [0.3, 0.4) is 0 Å². The monoisotopic (exact) mass is 754 g/mol. The lowest BCUT2D eigenvalue weighted by molar-refractivity contribution is 0.660. The van der Waals surface area contributed by atoms with Crippen LogP contribution in [-0.2, 0) is 5.41 Å². The molecule has 0 radical (unpaired) electrons. The number of anilines is 3. The zero-order valence-electron chi connectivity index (χ0n) is 33.2. The van der Waals surface area contributed by atoms with Gasteiger partial charge in [-0.3, -0.25) is 0 Å². The molecule has 1 aliphatic rings. The quantitative estimate of drug-likeness (QED) is 0.157. The molecule has 10 aromatic rings. The summed E-state index contributed by atoms with van der Waals surface area (Å²) in [4.78, 5) is 2.41. The standard InChI is InChI=1S/C57H42N2/c1-57(2)52-22-12-9-20-48(52)49-35-29-43(38-53(49)57)47-19-10-13-23-54(47)58(45-31-25-40(26-32-45)39-15-5-3-6-16-39)46-33-27-41(28-34-46)42-30-36-56-51(37-42)50-21-11-14-24-55(50)59(56)44-17-7-4-8-18-44/h3-38H,1-2H3. The molecule has 11 rings (SSSR count). The molecule has 59 heavy (non-hydrogen) atoms. The van der Waals surface area contributed by atoms with E-state index < -0.39 is 0 Å². The van der Waals surface area contributed by atoms with Crippen LogP contribution in [0.1, 0.15) is 25.0 Å². The number of hydrogen-bond acceptors (Lipinski definition) is 1. The normalized spacial score (nSPS) is 12.7. The van der Waals surface area contributed by atoms with Gasteiger partial charge < -0.3 is 9.47 Å². The Hall–Kier alpha value is -7.42. The molecule has 0 bridgehead atoms. The molecule has 2 nitrogen and oxygen atoms in total. The van der Waals surface area contributed by atoms with Crippen molar-refractivity contribution in [2.45, 2.75) is 19.3 Å². The summed E-state index contributed by atoms with van der Waals surface area (Å²) in [5, 5.41) is 2.51. The molecule has 0 aliphatic heterocycles. The number of para-hydroxylation sites is 3. The lowest BCUT2D eigenvalue weighted by Crippen LogP contribution is -2.15. The van der Waals surface area contributed by atoms with Crippen molar-refractivity contribution in [3.63, 3.8) is 0 Å². The summed E-state index contributed by atoms with van der Waals surface area (Å²) < 4.78 is 2.37. The van der Waals surface area contributed by atoms with Gasteiger partial charge in [0.1, 0.15) is 0 Å². The number of aromatic nitrogens is 1. The highest BCUT2D eigenvalue weighted by atomic mass is 15.1. The van der Waals surface area contributed by atoms with Gasteiger partial charge in [-0.05, 0) is 117 Å². The molecular weight excluding hydrogens is 713 g/mol. The largest absolute Gasteiger partial charge is 0.310 e. The topological polar surface area (TPSA) is 8.17 Å². The molecule has 0 fully saturated rings. The minimum atomic E-state index is -0.0842. The third-order valence-corrected chi connectivity index (χ3v) is 12.4. The van der Waals surface area contributed by atoms with E-state index in [-0.39, 0.29) is 5.41 Å². The molecule has 1 aliphatic carbocycles. The second-order valence-corrected chi connectivity index (χ2v) is 16.2. The molecule has 0 saturated carbocycles. The highest BCUT2D eigenvalue weighted by Crippen LogP contribution is 2.51. The summed E-state index contributed by atoms with van der Waals surface area (Å²) in [6, 6.07) is 79.8. The Morgan fingerprint density at radius 2 is 0.881 bits per heavy atom. The Balaban J connectivity index is 1.02. The number of rotatable bonds is 7. The van der Waals surface area contributed by atoms with Gasteiger partial charge in [-0.2, -0.15) is 0 Å². The first-order chi connectivity index (χ1) is 29.0. The van der Waals surface area contributed by atoms with Crippen molar-refractivity contribution in [1.29, 1.82) is 0 Å². The fourth-order valence-electron chi connectivity index (χ4n) is 9.46. The van der Waals surface area contributed by atoms with Crippen molar-refractivity contribution in [3.05, 3.63) is 230 Å². The Morgan fingerprint density at radius 1 is 0.356 bits per heavy atom. The summed E-state index contributed by atoms with van der Waals surface area (Å²) in [6.45, 7) is 4.71. The van der Waals surface area contributed by atoms with Crippen LogP contribution in [-0.4, -0.2) is 4.57 Å². The molecule has 1 aromatic heterocycles. The molecule has 0 unspecified atom stereocenters. The predicted octanol–water partition coefficient (Wildman–Crippen LogP) is 15.6. The van der Waals surface area contributed by atoms with E-state index in [0.717, 1.165) is 17.1 Å². The average molecular weight is 755 g/mol. The van der Waals surface area contributed by atoms with Crippen molar-refractivity contribution < 1.29 is 0 Å². The Kier molecular flexibility index (Phi) is 8.20. The number of nitrogens with zero attached hydrogens (tertiary/aromatic N) is 2. The van der Waals surface area contributed by atoms with Gasteiger partial charge in [-0.15, -0.1) is 0 Å². The third kappa shape index (κ3) is 5.79. The predicted molar refractivity (Wildman–Crippen MR) is 249 cm³/mol. The average Bonchev–Trinajstić information content (AvgIpc) is 3.75. The van der Waals surface area contributed by atoms with Gasteiger partial charge in [0.25, 0.3) is 0 Å². The van der Waals surface area contributed by atoms with Crippen LogP contribution < -0.4 is 4.90 Å². The van der Waals surface area contributed by atoms with Crippen molar-refractivity contribution in [1.82, 2.24) is 4.57 Å². The Bertz CT molecular complexity index is 3150. The van der Waals surface area contributed by atoms with E-state index in [2.05, 4.69) is 242 Å². The lowest BCUT2D eigenvalue weighted by Gasteiger charge is -2.29. The zero-order valence-corrected chi connectivity index (χ0v) is 33.2. The Labute approximate surface area is 345 Å². The summed E-state index contributed by atoms with van der Waals surface area (Å²) >= 11 is 0. The zero-order chi connectivity index (χ0) is 39.5. The van der Waals surface area contributed by atoms with Crippen molar-refractivity contribution in [2.24, 2.45) is 0 Å². The maximum Gasteiger partial charge on any atom is 0.0541 e. The lowest BCUT2D eigenvalue weighted by atomic mass is 9.81. The van der Waals surface area contributed by atoms with Crippen LogP contribution in [0.4, 0.5) is 17.1 Å². The molecule has 2 heteroatoms. The van der Waals surface area contributed by atoms with E-state index in [1.165, 1.54) is 83.1 Å². The van der Waals surface area contributed by atoms with Crippen LogP contribution in [0, 0.1) is 0 Å². The molecule has 0 atom stereocenters. The SMILES string of the molecule is CC1(C)c2ccccc2-c2ccc(-c3ccccc3N(c3ccc(-c4ccccc4)cc3)c3ccc(-c4ccc5c(c4)c4ccccc4n5-c4ccccc4)cc3)cc21. The number of fused-ring (bicyclic) bond motifs is 6. The summed E-state index contributed by atoms with van der Waals surface area (Å²) in [5.74, 6) is 0. The van der Waals surface area contributed by atoms with Crippen molar-refractivity contribution in [2.75, 3.05) is 4.90 Å². The van der Waals surface area contributed by atoms with Gasteiger partial charge in [0, 0.05) is 38.8 Å². The number of benzene rings is 9. The summed E-state index contributed by atoms with van der Waals surface area (Å²) in [7, 11) is 0. The van der Waals surface area contributed by atoms with Crippen LogP contribution >= 0.6 is 0 Å². The second-order valence-electron chi connectivity index (χ2n) is 16.2. The Morgan fingerprint density at radius 3 is 1.63 bits per heavy atom. The molecule has 9 aromatic carbocycles. The van der Waals surface area contributed by atoms with E-state index in [0.29, 0.717) is 0 Å². The molecule has 0 saturated heterocycles. The minimum absolute atomic E-state index is 0.0842.